The van der Waals surface area contributed by atoms with E-state index in [0.717, 1.165) is 0 Å². The Morgan fingerprint density at radius 1 is 1.29 bits per heavy atom. The minimum atomic E-state index is -3.09. The number of hydrogen-bond acceptors (Lipinski definition) is 3. The first kappa shape index (κ1) is 26.8. The normalized spacial score (nSPS) is 23.2. The Labute approximate surface area is 184 Å². The summed E-state index contributed by atoms with van der Waals surface area (Å²) < 4.78 is 43.7. The third-order valence-corrected chi connectivity index (χ3v) is 5.90. The Balaban J connectivity index is 2.93. The van der Waals surface area contributed by atoms with E-state index in [1.54, 1.807) is 26.8 Å². The zero-order valence-electron chi connectivity index (χ0n) is 19.3. The lowest BCUT2D eigenvalue weighted by Crippen LogP contribution is -2.39. The average molecular weight is 437 g/mol. The molecule has 1 aliphatic carbocycles. The molecule has 0 saturated heterocycles. The molecule has 2 unspecified atom stereocenters. The maximum Gasteiger partial charge on any atom is 0.275 e. The van der Waals surface area contributed by atoms with Crippen molar-refractivity contribution in [2.24, 2.45) is 16.8 Å². The van der Waals surface area contributed by atoms with E-state index < -0.39 is 23.4 Å². The van der Waals surface area contributed by atoms with E-state index in [9.17, 15) is 18.0 Å². The molecule has 0 bridgehead atoms. The number of hydrogen-bond donors (Lipinski definition) is 1. The molecular formula is C25H35F3N2O. The van der Waals surface area contributed by atoms with Crippen LogP contribution in [-0.2, 0) is 4.79 Å². The van der Waals surface area contributed by atoms with Gasteiger partial charge in [0.05, 0.1) is 12.3 Å². The number of aliphatic imine (C=N–C) groups is 1. The highest BCUT2D eigenvalue weighted by Gasteiger charge is 2.46. The second-order valence-electron chi connectivity index (χ2n) is 8.49. The van der Waals surface area contributed by atoms with Crippen LogP contribution in [0.5, 0.6) is 0 Å². The summed E-state index contributed by atoms with van der Waals surface area (Å²) in [6.07, 6.45) is 5.30. The molecule has 0 amide bonds. The van der Waals surface area contributed by atoms with E-state index in [2.05, 4.69) is 18.2 Å². The van der Waals surface area contributed by atoms with Crippen molar-refractivity contribution < 1.29 is 18.0 Å². The monoisotopic (exact) mass is 436 g/mol. The third kappa shape index (κ3) is 6.88. The summed E-state index contributed by atoms with van der Waals surface area (Å²) in [6, 6.07) is 0. The molecule has 1 fully saturated rings. The molecule has 172 valence electrons. The van der Waals surface area contributed by atoms with Gasteiger partial charge < -0.3 is 5.41 Å². The van der Waals surface area contributed by atoms with Gasteiger partial charge in [0.2, 0.25) is 0 Å². The number of alkyl halides is 3. The van der Waals surface area contributed by atoms with E-state index in [1.165, 1.54) is 26.0 Å². The standard InChI is InChI=1S/C25H35F3N2O/c1-8-12-24(26,9-2)14-17(5)13-23(31)19(7)30-15-20-18(6)21(10-11-22(20)29)25(27,28)16(3)4/h8,12-13,20-21,29H,3,6,9-11,14-15H2,1-2,4-5,7H3/b12-8+,17-13-,29-22?,30-19?/t20?,21-,24?/m1/s1. The summed E-state index contributed by atoms with van der Waals surface area (Å²) in [4.78, 5) is 16.7. The molecule has 3 nitrogen and oxygen atoms in total. The number of halogens is 3. The summed E-state index contributed by atoms with van der Waals surface area (Å²) in [6.45, 7) is 15.3. The second-order valence-corrected chi connectivity index (χ2v) is 8.49. The molecule has 0 aromatic rings. The first-order chi connectivity index (χ1) is 14.3. The summed E-state index contributed by atoms with van der Waals surface area (Å²) in [5.41, 5.74) is -0.379. The maximum atomic E-state index is 14.7. The van der Waals surface area contributed by atoms with E-state index in [1.807, 2.05) is 0 Å². The van der Waals surface area contributed by atoms with Crippen LogP contribution < -0.4 is 0 Å². The van der Waals surface area contributed by atoms with Crippen molar-refractivity contribution in [2.45, 2.75) is 71.9 Å². The van der Waals surface area contributed by atoms with Crippen LogP contribution in [0.15, 0.2) is 53.1 Å². The molecule has 1 N–H and O–H groups in total. The highest BCUT2D eigenvalue weighted by atomic mass is 19.3. The van der Waals surface area contributed by atoms with Crippen LogP contribution in [0.3, 0.4) is 0 Å². The predicted molar refractivity (Wildman–Crippen MR) is 123 cm³/mol. The van der Waals surface area contributed by atoms with Gasteiger partial charge in [0, 0.05) is 24.0 Å². The molecule has 0 radical (unpaired) electrons. The molecule has 1 rings (SSSR count). The molecule has 6 heteroatoms. The minimum absolute atomic E-state index is 0.0193. The maximum absolute atomic E-state index is 14.7. The highest BCUT2D eigenvalue weighted by molar-refractivity contribution is 6.43. The Bertz CT molecular complexity index is 823. The van der Waals surface area contributed by atoms with E-state index in [-0.39, 0.29) is 48.4 Å². The second kappa shape index (κ2) is 10.9. The van der Waals surface area contributed by atoms with Gasteiger partial charge in [-0.25, -0.2) is 13.2 Å². The van der Waals surface area contributed by atoms with E-state index in [0.29, 0.717) is 17.7 Å². The first-order valence-electron chi connectivity index (χ1n) is 10.6. The van der Waals surface area contributed by atoms with Crippen molar-refractivity contribution in [3.63, 3.8) is 0 Å². The zero-order chi connectivity index (χ0) is 24.0. The Morgan fingerprint density at radius 2 is 1.90 bits per heavy atom. The van der Waals surface area contributed by atoms with E-state index >= 15 is 0 Å². The SMILES string of the molecule is C=C1C(CN=C(C)C(=O)/C=C(/C)CC(F)(/C=C/C)CC)C(=N)CC[C@H]1C(F)(F)C(=C)C. The van der Waals surface area contributed by atoms with Crippen LogP contribution in [-0.4, -0.2) is 35.3 Å². The number of ketones is 1. The molecule has 3 atom stereocenters. The van der Waals surface area contributed by atoms with Crippen LogP contribution in [0.4, 0.5) is 13.2 Å². The molecule has 0 aromatic heterocycles. The zero-order valence-corrected chi connectivity index (χ0v) is 19.3. The molecular weight excluding hydrogens is 401 g/mol. The average Bonchev–Trinajstić information content (AvgIpc) is 2.67. The fourth-order valence-electron chi connectivity index (χ4n) is 3.81. The van der Waals surface area contributed by atoms with Crippen LogP contribution >= 0.6 is 0 Å². The molecule has 0 heterocycles. The number of carbonyl (C=O) groups is 1. The fraction of sp³-hybridized carbons (Fsp3) is 0.560. The van der Waals surface area contributed by atoms with Gasteiger partial charge in [-0.15, -0.1) is 0 Å². The van der Waals surface area contributed by atoms with Crippen molar-refractivity contribution in [1.82, 2.24) is 0 Å². The molecule has 0 aliphatic heterocycles. The molecule has 0 spiro atoms. The van der Waals surface area contributed by atoms with Crippen molar-refractivity contribution in [3.05, 3.63) is 48.1 Å². The van der Waals surface area contributed by atoms with Gasteiger partial charge in [-0.05, 0) is 58.6 Å². The van der Waals surface area contributed by atoms with Gasteiger partial charge in [0.25, 0.3) is 5.92 Å². The lowest BCUT2D eigenvalue weighted by atomic mass is 9.72. The number of nitrogens with one attached hydrogen (secondary N) is 1. The minimum Gasteiger partial charge on any atom is -0.309 e. The highest BCUT2D eigenvalue weighted by Crippen LogP contribution is 2.44. The summed E-state index contributed by atoms with van der Waals surface area (Å²) >= 11 is 0. The van der Waals surface area contributed by atoms with Gasteiger partial charge in [0.1, 0.15) is 5.67 Å². The van der Waals surface area contributed by atoms with Gasteiger partial charge in [-0.1, -0.05) is 43.4 Å². The summed E-state index contributed by atoms with van der Waals surface area (Å²) in [5, 5.41) is 8.16. The van der Waals surface area contributed by atoms with Crippen LogP contribution in [0.25, 0.3) is 0 Å². The van der Waals surface area contributed by atoms with Crippen LogP contribution in [0.2, 0.25) is 0 Å². The lowest BCUT2D eigenvalue weighted by molar-refractivity contribution is -0.109. The molecule has 1 saturated carbocycles. The van der Waals surface area contributed by atoms with Crippen molar-refractivity contribution >= 4 is 17.2 Å². The van der Waals surface area contributed by atoms with Gasteiger partial charge in [-0.2, -0.15) is 0 Å². The number of allylic oxidation sites excluding steroid dienone is 5. The third-order valence-electron chi connectivity index (χ3n) is 5.90. The number of rotatable bonds is 10. The topological polar surface area (TPSA) is 53.3 Å². The smallest absolute Gasteiger partial charge is 0.275 e. The molecule has 31 heavy (non-hydrogen) atoms. The Hall–Kier alpha value is -2.24. The van der Waals surface area contributed by atoms with Crippen LogP contribution in [0, 0.1) is 17.2 Å². The van der Waals surface area contributed by atoms with Crippen molar-refractivity contribution in [1.29, 1.82) is 5.41 Å². The summed E-state index contributed by atoms with van der Waals surface area (Å²) in [5.74, 6) is -5.16. The predicted octanol–water partition coefficient (Wildman–Crippen LogP) is 6.86. The van der Waals surface area contributed by atoms with Gasteiger partial charge in [-0.3, -0.25) is 9.79 Å². The number of nitrogens with zero attached hydrogens (tertiary/aromatic N) is 1. The number of carbonyl (C=O) groups excluding carboxylic acids is 1. The Morgan fingerprint density at radius 3 is 2.42 bits per heavy atom. The van der Waals surface area contributed by atoms with Crippen molar-refractivity contribution in [2.75, 3.05) is 6.54 Å². The van der Waals surface area contributed by atoms with E-state index in [4.69, 9.17) is 5.41 Å². The quantitative estimate of drug-likeness (QED) is 0.227. The Kier molecular flexibility index (Phi) is 9.40. The molecule has 1 aliphatic rings. The largest absolute Gasteiger partial charge is 0.309 e. The molecule has 0 aromatic carbocycles. The van der Waals surface area contributed by atoms with Gasteiger partial charge >= 0.3 is 0 Å². The fourth-order valence-corrected chi connectivity index (χ4v) is 3.81. The van der Waals surface area contributed by atoms with Crippen LogP contribution in [0.1, 0.15) is 60.3 Å². The summed E-state index contributed by atoms with van der Waals surface area (Å²) in [7, 11) is 0. The first-order valence-corrected chi connectivity index (χ1v) is 10.6. The van der Waals surface area contributed by atoms with Crippen molar-refractivity contribution in [3.8, 4) is 0 Å². The van der Waals surface area contributed by atoms with Gasteiger partial charge in [0.15, 0.2) is 5.78 Å². The lowest BCUT2D eigenvalue weighted by Gasteiger charge is -2.36.